The molecule has 3 rings (SSSR count). The van der Waals surface area contributed by atoms with Crippen LogP contribution < -0.4 is 5.73 Å². The van der Waals surface area contributed by atoms with Gasteiger partial charge in [0.05, 0.1) is 5.69 Å². The normalized spacial score (nSPS) is 11.8. The molecule has 0 fully saturated rings. The molecule has 4 nitrogen and oxygen atoms in total. The van der Waals surface area contributed by atoms with Crippen LogP contribution >= 0.6 is 0 Å². The molecule has 0 unspecified atom stereocenters. The van der Waals surface area contributed by atoms with E-state index < -0.39 is 0 Å². The SMILES string of the molecule is CC(C)(C)c1cc(N)nc(-c2nccc3ccccc23)n1. The number of rotatable bonds is 1. The van der Waals surface area contributed by atoms with Gasteiger partial charge in [-0.1, -0.05) is 45.0 Å². The quantitative estimate of drug-likeness (QED) is 0.739. The Hall–Kier alpha value is -2.49. The van der Waals surface area contributed by atoms with E-state index in [-0.39, 0.29) is 5.41 Å². The number of fused-ring (bicyclic) bond motifs is 1. The first-order valence-corrected chi connectivity index (χ1v) is 6.94. The molecule has 4 heteroatoms. The molecule has 0 saturated heterocycles. The summed E-state index contributed by atoms with van der Waals surface area (Å²) in [4.78, 5) is 13.5. The summed E-state index contributed by atoms with van der Waals surface area (Å²) < 4.78 is 0. The smallest absolute Gasteiger partial charge is 0.181 e. The Labute approximate surface area is 124 Å². The van der Waals surface area contributed by atoms with E-state index in [0.29, 0.717) is 11.6 Å². The van der Waals surface area contributed by atoms with E-state index in [2.05, 4.69) is 41.8 Å². The van der Waals surface area contributed by atoms with Crippen molar-refractivity contribution >= 4 is 16.6 Å². The number of nitrogens with two attached hydrogens (primary N) is 1. The molecule has 0 aliphatic rings. The van der Waals surface area contributed by atoms with Crippen LogP contribution in [0.3, 0.4) is 0 Å². The zero-order chi connectivity index (χ0) is 15.0. The van der Waals surface area contributed by atoms with Crippen molar-refractivity contribution in [2.45, 2.75) is 26.2 Å². The molecule has 0 atom stereocenters. The van der Waals surface area contributed by atoms with E-state index in [1.807, 2.05) is 30.3 Å². The van der Waals surface area contributed by atoms with E-state index in [1.165, 1.54) is 0 Å². The second-order valence-electron chi connectivity index (χ2n) is 6.13. The Balaban J connectivity index is 2.26. The Kier molecular flexibility index (Phi) is 3.09. The largest absolute Gasteiger partial charge is 0.384 e. The van der Waals surface area contributed by atoms with Gasteiger partial charge in [-0.05, 0) is 11.5 Å². The highest BCUT2D eigenvalue weighted by atomic mass is 15.0. The predicted molar refractivity (Wildman–Crippen MR) is 85.9 cm³/mol. The average Bonchev–Trinajstić information content (AvgIpc) is 2.45. The van der Waals surface area contributed by atoms with Crippen LogP contribution in [0.4, 0.5) is 5.82 Å². The fourth-order valence-corrected chi connectivity index (χ4v) is 2.25. The van der Waals surface area contributed by atoms with E-state index in [0.717, 1.165) is 22.2 Å². The van der Waals surface area contributed by atoms with Crippen LogP contribution in [0.2, 0.25) is 0 Å². The van der Waals surface area contributed by atoms with Crippen LogP contribution in [0.5, 0.6) is 0 Å². The minimum absolute atomic E-state index is 0.0869. The third-order valence-electron chi connectivity index (χ3n) is 3.40. The molecule has 0 spiro atoms. The van der Waals surface area contributed by atoms with Gasteiger partial charge in [0, 0.05) is 23.1 Å². The van der Waals surface area contributed by atoms with Crippen LogP contribution in [0.25, 0.3) is 22.3 Å². The highest BCUT2D eigenvalue weighted by Crippen LogP contribution is 2.27. The fraction of sp³-hybridized carbons (Fsp3) is 0.235. The Morgan fingerprint density at radius 3 is 2.52 bits per heavy atom. The lowest BCUT2D eigenvalue weighted by atomic mass is 9.92. The monoisotopic (exact) mass is 278 g/mol. The summed E-state index contributed by atoms with van der Waals surface area (Å²) >= 11 is 0. The highest BCUT2D eigenvalue weighted by Gasteiger charge is 2.19. The fourth-order valence-electron chi connectivity index (χ4n) is 2.25. The number of aromatic nitrogens is 3. The van der Waals surface area contributed by atoms with Crippen LogP contribution in [0.1, 0.15) is 26.5 Å². The number of nitrogen functional groups attached to an aromatic ring is 1. The number of nitrogens with zero attached hydrogens (tertiary/aromatic N) is 3. The van der Waals surface area contributed by atoms with Gasteiger partial charge in [-0.2, -0.15) is 0 Å². The lowest BCUT2D eigenvalue weighted by Gasteiger charge is -2.18. The van der Waals surface area contributed by atoms with Gasteiger partial charge in [-0.25, -0.2) is 9.97 Å². The number of hydrogen-bond donors (Lipinski definition) is 1. The number of anilines is 1. The van der Waals surface area contributed by atoms with Gasteiger partial charge < -0.3 is 5.73 Å². The summed E-state index contributed by atoms with van der Waals surface area (Å²) in [5.74, 6) is 1.05. The molecular weight excluding hydrogens is 260 g/mol. The Morgan fingerprint density at radius 2 is 1.76 bits per heavy atom. The molecule has 2 heterocycles. The Morgan fingerprint density at radius 1 is 1.00 bits per heavy atom. The summed E-state index contributed by atoms with van der Waals surface area (Å²) in [5, 5.41) is 2.15. The molecule has 0 amide bonds. The van der Waals surface area contributed by atoms with E-state index >= 15 is 0 Å². The molecule has 21 heavy (non-hydrogen) atoms. The lowest BCUT2D eigenvalue weighted by Crippen LogP contribution is -2.15. The first-order chi connectivity index (χ1) is 9.95. The molecular formula is C17H18N4. The number of hydrogen-bond acceptors (Lipinski definition) is 4. The third-order valence-corrected chi connectivity index (χ3v) is 3.40. The average molecular weight is 278 g/mol. The summed E-state index contributed by atoms with van der Waals surface area (Å²) in [6.45, 7) is 6.32. The molecule has 106 valence electrons. The van der Waals surface area contributed by atoms with Gasteiger partial charge in [-0.3, -0.25) is 4.98 Å². The van der Waals surface area contributed by atoms with Crippen molar-refractivity contribution in [3.05, 3.63) is 48.3 Å². The molecule has 0 saturated carbocycles. The predicted octanol–water partition coefficient (Wildman–Crippen LogP) is 3.57. The van der Waals surface area contributed by atoms with E-state index in [9.17, 15) is 0 Å². The van der Waals surface area contributed by atoms with Gasteiger partial charge >= 0.3 is 0 Å². The van der Waals surface area contributed by atoms with E-state index in [4.69, 9.17) is 5.73 Å². The van der Waals surface area contributed by atoms with Crippen molar-refractivity contribution in [2.24, 2.45) is 0 Å². The second-order valence-corrected chi connectivity index (χ2v) is 6.13. The van der Waals surface area contributed by atoms with Gasteiger partial charge in [-0.15, -0.1) is 0 Å². The first-order valence-electron chi connectivity index (χ1n) is 6.94. The van der Waals surface area contributed by atoms with Crippen molar-refractivity contribution < 1.29 is 0 Å². The van der Waals surface area contributed by atoms with Crippen LogP contribution in [0, 0.1) is 0 Å². The summed E-state index contributed by atoms with van der Waals surface area (Å²) in [5.41, 5.74) is 7.56. The maximum absolute atomic E-state index is 5.96. The molecule has 0 radical (unpaired) electrons. The zero-order valence-electron chi connectivity index (χ0n) is 12.5. The maximum atomic E-state index is 5.96. The Bertz CT molecular complexity index is 798. The van der Waals surface area contributed by atoms with Crippen LogP contribution in [-0.4, -0.2) is 15.0 Å². The molecule has 2 N–H and O–H groups in total. The standard InChI is InChI=1S/C17H18N4/c1-17(2,3)13-10-14(18)21-16(20-13)15-12-7-5-4-6-11(12)8-9-19-15/h4-10H,1-3H3,(H2,18,20,21). The summed E-state index contributed by atoms with van der Waals surface area (Å²) in [7, 11) is 0. The minimum atomic E-state index is -0.0869. The lowest BCUT2D eigenvalue weighted by molar-refractivity contribution is 0.568. The molecule has 3 aromatic rings. The topological polar surface area (TPSA) is 64.7 Å². The zero-order valence-corrected chi connectivity index (χ0v) is 12.5. The van der Waals surface area contributed by atoms with Crippen molar-refractivity contribution in [1.82, 2.24) is 15.0 Å². The van der Waals surface area contributed by atoms with Crippen molar-refractivity contribution in [1.29, 1.82) is 0 Å². The molecule has 0 aliphatic carbocycles. The summed E-state index contributed by atoms with van der Waals surface area (Å²) in [6, 6.07) is 11.9. The van der Waals surface area contributed by atoms with Gasteiger partial charge in [0.25, 0.3) is 0 Å². The van der Waals surface area contributed by atoms with Crippen LogP contribution in [0.15, 0.2) is 42.6 Å². The number of benzene rings is 1. The third kappa shape index (κ3) is 2.57. The molecule has 0 aliphatic heterocycles. The number of pyridine rings is 1. The minimum Gasteiger partial charge on any atom is -0.384 e. The molecule has 0 bridgehead atoms. The van der Waals surface area contributed by atoms with Crippen molar-refractivity contribution in [3.8, 4) is 11.5 Å². The highest BCUT2D eigenvalue weighted by molar-refractivity contribution is 5.92. The van der Waals surface area contributed by atoms with Crippen LogP contribution in [-0.2, 0) is 5.41 Å². The maximum Gasteiger partial charge on any atom is 0.181 e. The molecule has 2 aromatic heterocycles. The first kappa shape index (κ1) is 13.5. The van der Waals surface area contributed by atoms with Crippen molar-refractivity contribution in [2.75, 3.05) is 5.73 Å². The van der Waals surface area contributed by atoms with Gasteiger partial charge in [0.2, 0.25) is 0 Å². The van der Waals surface area contributed by atoms with Crippen molar-refractivity contribution in [3.63, 3.8) is 0 Å². The summed E-state index contributed by atoms with van der Waals surface area (Å²) in [6.07, 6.45) is 1.78. The second kappa shape index (κ2) is 4.81. The van der Waals surface area contributed by atoms with E-state index in [1.54, 1.807) is 6.20 Å². The molecule has 1 aromatic carbocycles. The van der Waals surface area contributed by atoms with Gasteiger partial charge in [0.15, 0.2) is 5.82 Å². The van der Waals surface area contributed by atoms with Gasteiger partial charge in [0.1, 0.15) is 11.5 Å².